The molecule has 0 radical (unpaired) electrons. The molecule has 0 fully saturated rings. The summed E-state index contributed by atoms with van der Waals surface area (Å²) in [4.78, 5) is 0. The summed E-state index contributed by atoms with van der Waals surface area (Å²) in [6.45, 7) is 7.66. The van der Waals surface area contributed by atoms with E-state index in [9.17, 15) is 0 Å². The van der Waals surface area contributed by atoms with E-state index in [-0.39, 0.29) is 0 Å². The maximum Gasteiger partial charge on any atom is 0.122 e. The van der Waals surface area contributed by atoms with Gasteiger partial charge < -0.3 is 14.6 Å². The Kier molecular flexibility index (Phi) is 5.84. The van der Waals surface area contributed by atoms with Crippen LogP contribution >= 0.6 is 0 Å². The SMILES string of the molecule is CC(C)CNCc1ccn(COCc2ccccc2)c1. The lowest BCUT2D eigenvalue weighted by molar-refractivity contribution is 0.0641. The second-order valence-electron chi connectivity index (χ2n) is 5.52. The molecule has 0 aliphatic heterocycles. The first-order valence-electron chi connectivity index (χ1n) is 7.21. The quantitative estimate of drug-likeness (QED) is 0.797. The van der Waals surface area contributed by atoms with Gasteiger partial charge in [-0.3, -0.25) is 0 Å². The summed E-state index contributed by atoms with van der Waals surface area (Å²) in [6.07, 6.45) is 4.20. The normalized spacial score (nSPS) is 11.2. The molecule has 108 valence electrons. The van der Waals surface area contributed by atoms with Crippen molar-refractivity contribution >= 4 is 0 Å². The van der Waals surface area contributed by atoms with Gasteiger partial charge in [0.25, 0.3) is 0 Å². The Labute approximate surface area is 121 Å². The fraction of sp³-hybridized carbons (Fsp3) is 0.412. The molecule has 2 rings (SSSR count). The van der Waals surface area contributed by atoms with Gasteiger partial charge >= 0.3 is 0 Å². The van der Waals surface area contributed by atoms with E-state index < -0.39 is 0 Å². The lowest BCUT2D eigenvalue weighted by Gasteiger charge is -2.06. The molecule has 0 amide bonds. The van der Waals surface area contributed by atoms with Crippen molar-refractivity contribution in [2.75, 3.05) is 6.54 Å². The summed E-state index contributed by atoms with van der Waals surface area (Å²) < 4.78 is 7.78. The fourth-order valence-electron chi connectivity index (χ4n) is 2.02. The predicted molar refractivity (Wildman–Crippen MR) is 82.2 cm³/mol. The van der Waals surface area contributed by atoms with Crippen molar-refractivity contribution in [2.45, 2.75) is 33.7 Å². The van der Waals surface area contributed by atoms with Crippen LogP contribution in [0.3, 0.4) is 0 Å². The Morgan fingerprint density at radius 1 is 1.10 bits per heavy atom. The van der Waals surface area contributed by atoms with E-state index >= 15 is 0 Å². The van der Waals surface area contributed by atoms with Gasteiger partial charge in [0.2, 0.25) is 0 Å². The van der Waals surface area contributed by atoms with Crippen molar-refractivity contribution in [3.8, 4) is 0 Å². The van der Waals surface area contributed by atoms with E-state index in [1.165, 1.54) is 11.1 Å². The molecule has 1 aromatic carbocycles. The monoisotopic (exact) mass is 272 g/mol. The standard InChI is InChI=1S/C17H24N2O/c1-15(2)10-18-11-17-8-9-19(12-17)14-20-13-16-6-4-3-5-7-16/h3-9,12,15,18H,10-11,13-14H2,1-2H3. The number of ether oxygens (including phenoxy) is 1. The zero-order valence-corrected chi connectivity index (χ0v) is 12.4. The number of hydrogen-bond acceptors (Lipinski definition) is 2. The van der Waals surface area contributed by atoms with E-state index in [2.05, 4.69) is 54.3 Å². The van der Waals surface area contributed by atoms with Gasteiger partial charge in [0.15, 0.2) is 0 Å². The molecule has 0 spiro atoms. The third-order valence-electron chi connectivity index (χ3n) is 3.05. The Bertz CT molecular complexity index is 491. The molecule has 0 atom stereocenters. The maximum absolute atomic E-state index is 5.70. The summed E-state index contributed by atoms with van der Waals surface area (Å²) in [5.74, 6) is 0.686. The average Bonchev–Trinajstić information content (AvgIpc) is 2.87. The van der Waals surface area contributed by atoms with Crippen molar-refractivity contribution in [2.24, 2.45) is 5.92 Å². The third kappa shape index (κ3) is 5.19. The molecule has 1 N–H and O–H groups in total. The molecule has 0 saturated heterocycles. The molecular weight excluding hydrogens is 248 g/mol. The Balaban J connectivity index is 1.70. The predicted octanol–water partition coefficient (Wildman–Crippen LogP) is 3.41. The van der Waals surface area contributed by atoms with Crippen LogP contribution in [-0.4, -0.2) is 11.1 Å². The Morgan fingerprint density at radius 2 is 1.90 bits per heavy atom. The molecule has 1 heterocycles. The van der Waals surface area contributed by atoms with Crippen LogP contribution < -0.4 is 5.32 Å². The van der Waals surface area contributed by atoms with Crippen molar-refractivity contribution < 1.29 is 4.74 Å². The van der Waals surface area contributed by atoms with Gasteiger partial charge in [0, 0.05) is 18.9 Å². The minimum absolute atomic E-state index is 0.596. The highest BCUT2D eigenvalue weighted by Crippen LogP contribution is 2.04. The van der Waals surface area contributed by atoms with Gasteiger partial charge in [-0.25, -0.2) is 0 Å². The molecular formula is C17H24N2O. The number of rotatable bonds is 8. The summed E-state index contributed by atoms with van der Waals surface area (Å²) in [7, 11) is 0. The van der Waals surface area contributed by atoms with Crippen molar-refractivity contribution in [3.05, 3.63) is 59.9 Å². The number of nitrogens with one attached hydrogen (secondary N) is 1. The van der Waals surface area contributed by atoms with Gasteiger partial charge in [-0.15, -0.1) is 0 Å². The molecule has 0 bridgehead atoms. The largest absolute Gasteiger partial charge is 0.356 e. The summed E-state index contributed by atoms with van der Waals surface area (Å²) in [6, 6.07) is 12.4. The van der Waals surface area contributed by atoms with Crippen LogP contribution in [0.4, 0.5) is 0 Å². The van der Waals surface area contributed by atoms with Crippen LogP contribution in [0.5, 0.6) is 0 Å². The zero-order chi connectivity index (χ0) is 14.2. The highest BCUT2D eigenvalue weighted by Gasteiger charge is 1.98. The number of benzene rings is 1. The van der Waals surface area contributed by atoms with E-state index in [1.807, 2.05) is 18.2 Å². The Morgan fingerprint density at radius 3 is 2.65 bits per heavy atom. The highest BCUT2D eigenvalue weighted by molar-refractivity contribution is 5.13. The lowest BCUT2D eigenvalue weighted by atomic mass is 10.2. The summed E-state index contributed by atoms with van der Waals surface area (Å²) >= 11 is 0. The van der Waals surface area contributed by atoms with Crippen molar-refractivity contribution in [3.63, 3.8) is 0 Å². The van der Waals surface area contributed by atoms with Crippen molar-refractivity contribution in [1.29, 1.82) is 0 Å². The van der Waals surface area contributed by atoms with Crippen LogP contribution in [0.1, 0.15) is 25.0 Å². The molecule has 0 saturated carbocycles. The molecule has 3 heteroatoms. The Hall–Kier alpha value is -1.58. The van der Waals surface area contributed by atoms with Crippen LogP contribution in [0.2, 0.25) is 0 Å². The first-order chi connectivity index (χ1) is 9.74. The molecule has 0 aliphatic rings. The van der Waals surface area contributed by atoms with Crippen molar-refractivity contribution in [1.82, 2.24) is 9.88 Å². The lowest BCUT2D eigenvalue weighted by Crippen LogP contribution is -2.18. The third-order valence-corrected chi connectivity index (χ3v) is 3.05. The zero-order valence-electron chi connectivity index (χ0n) is 12.4. The van der Waals surface area contributed by atoms with E-state index in [1.54, 1.807) is 0 Å². The number of aromatic nitrogens is 1. The molecule has 20 heavy (non-hydrogen) atoms. The molecule has 0 aliphatic carbocycles. The van der Waals surface area contributed by atoms with Gasteiger partial charge in [0.1, 0.15) is 6.73 Å². The minimum atomic E-state index is 0.596. The van der Waals surface area contributed by atoms with Crippen LogP contribution in [0.25, 0.3) is 0 Å². The van der Waals surface area contributed by atoms with E-state index in [4.69, 9.17) is 4.74 Å². The molecule has 1 aromatic heterocycles. The minimum Gasteiger partial charge on any atom is -0.356 e. The summed E-state index contributed by atoms with van der Waals surface area (Å²) in [5.41, 5.74) is 2.51. The van der Waals surface area contributed by atoms with Crippen LogP contribution in [0.15, 0.2) is 48.8 Å². The molecule has 0 unspecified atom stereocenters. The first kappa shape index (κ1) is 14.8. The van der Waals surface area contributed by atoms with Gasteiger partial charge in [-0.05, 0) is 29.7 Å². The van der Waals surface area contributed by atoms with E-state index in [0.717, 1.165) is 13.1 Å². The van der Waals surface area contributed by atoms with Crippen LogP contribution in [-0.2, 0) is 24.6 Å². The molecule has 3 nitrogen and oxygen atoms in total. The number of nitrogens with zero attached hydrogens (tertiary/aromatic N) is 1. The maximum atomic E-state index is 5.70. The van der Waals surface area contributed by atoms with Crippen LogP contribution in [0, 0.1) is 5.92 Å². The second-order valence-corrected chi connectivity index (χ2v) is 5.52. The van der Waals surface area contributed by atoms with E-state index in [0.29, 0.717) is 19.3 Å². The topological polar surface area (TPSA) is 26.2 Å². The van der Waals surface area contributed by atoms with Gasteiger partial charge in [0.05, 0.1) is 6.61 Å². The molecule has 2 aromatic rings. The first-order valence-corrected chi connectivity index (χ1v) is 7.21. The smallest absolute Gasteiger partial charge is 0.122 e. The second kappa shape index (κ2) is 7.88. The van der Waals surface area contributed by atoms with Gasteiger partial charge in [-0.2, -0.15) is 0 Å². The fourth-order valence-corrected chi connectivity index (χ4v) is 2.02. The summed E-state index contributed by atoms with van der Waals surface area (Å²) in [5, 5.41) is 3.44. The number of hydrogen-bond donors (Lipinski definition) is 1. The highest BCUT2D eigenvalue weighted by atomic mass is 16.5. The van der Waals surface area contributed by atoms with Gasteiger partial charge in [-0.1, -0.05) is 44.2 Å². The average molecular weight is 272 g/mol.